The van der Waals surface area contributed by atoms with Crippen LogP contribution in [0.3, 0.4) is 0 Å². The van der Waals surface area contributed by atoms with Crippen molar-refractivity contribution in [3.63, 3.8) is 0 Å². The largest absolute Gasteiger partial charge is 0.278 e. The van der Waals surface area contributed by atoms with Gasteiger partial charge in [0.05, 0.1) is 11.4 Å². The normalized spacial score (nSPS) is 14.6. The molecule has 0 fully saturated rings. The zero-order chi connectivity index (χ0) is 18.6. The van der Waals surface area contributed by atoms with Crippen molar-refractivity contribution in [1.82, 2.24) is 0 Å². The van der Waals surface area contributed by atoms with Gasteiger partial charge >= 0.3 is 0 Å². The van der Waals surface area contributed by atoms with E-state index in [1.54, 1.807) is 0 Å². The van der Waals surface area contributed by atoms with E-state index in [0.717, 1.165) is 29.8 Å². The van der Waals surface area contributed by atoms with Gasteiger partial charge in [0.1, 0.15) is 0 Å². The van der Waals surface area contributed by atoms with Crippen LogP contribution in [0, 0.1) is 0 Å². The Hall–Kier alpha value is -3.13. The molecule has 0 saturated heterocycles. The number of benzene rings is 3. The minimum absolute atomic E-state index is 0.860. The lowest BCUT2D eigenvalue weighted by Crippen LogP contribution is -2.06. The number of anilines is 1. The zero-order valence-electron chi connectivity index (χ0n) is 15.9. The third-order valence-electron chi connectivity index (χ3n) is 5.16. The molecule has 3 aromatic rings. The van der Waals surface area contributed by atoms with Gasteiger partial charge in [-0.2, -0.15) is 5.10 Å². The lowest BCUT2D eigenvalue weighted by molar-refractivity contribution is 1.09. The molecule has 134 valence electrons. The van der Waals surface area contributed by atoms with Gasteiger partial charge < -0.3 is 0 Å². The van der Waals surface area contributed by atoms with E-state index in [1.165, 1.54) is 27.5 Å². The fraction of sp³-hybridized carbons (Fsp3) is 0.160. The predicted molar refractivity (Wildman–Crippen MR) is 116 cm³/mol. The molecule has 0 aliphatic heterocycles. The van der Waals surface area contributed by atoms with Gasteiger partial charge in [0.2, 0.25) is 0 Å². The Morgan fingerprint density at radius 3 is 2.37 bits per heavy atom. The molecule has 0 aromatic heterocycles. The second kappa shape index (κ2) is 7.63. The summed E-state index contributed by atoms with van der Waals surface area (Å²) in [7, 11) is 0. The molecule has 1 aliphatic rings. The van der Waals surface area contributed by atoms with Gasteiger partial charge in [-0.05, 0) is 48.7 Å². The van der Waals surface area contributed by atoms with Gasteiger partial charge in [0, 0.05) is 6.42 Å². The van der Waals surface area contributed by atoms with Crippen LogP contribution >= 0.6 is 0 Å². The SMILES string of the molecule is CC1=C(C)CC(CC(=NNc2ccc3ccccc3c2)c2ccccc2)=C1. The maximum Gasteiger partial charge on any atom is 0.0720 e. The fourth-order valence-electron chi connectivity index (χ4n) is 3.52. The molecule has 1 N–H and O–H groups in total. The maximum atomic E-state index is 4.79. The number of hydrazone groups is 1. The average molecular weight is 352 g/mol. The molecule has 0 atom stereocenters. The highest BCUT2D eigenvalue weighted by molar-refractivity contribution is 6.02. The Balaban J connectivity index is 1.60. The van der Waals surface area contributed by atoms with E-state index in [-0.39, 0.29) is 0 Å². The molecule has 3 aromatic carbocycles. The van der Waals surface area contributed by atoms with Crippen LogP contribution in [0.15, 0.2) is 101 Å². The number of nitrogens with zero attached hydrogens (tertiary/aromatic N) is 1. The van der Waals surface area contributed by atoms with Gasteiger partial charge in [0.25, 0.3) is 0 Å². The second-order valence-electron chi connectivity index (χ2n) is 7.22. The number of hydrogen-bond donors (Lipinski definition) is 1. The first-order valence-electron chi connectivity index (χ1n) is 9.41. The summed E-state index contributed by atoms with van der Waals surface area (Å²) in [4.78, 5) is 0. The first-order valence-corrected chi connectivity index (χ1v) is 9.41. The van der Waals surface area contributed by atoms with Crippen LogP contribution in [0.4, 0.5) is 5.69 Å². The molecule has 0 unspecified atom stereocenters. The topological polar surface area (TPSA) is 24.4 Å². The monoisotopic (exact) mass is 352 g/mol. The molecule has 1 aliphatic carbocycles. The number of hydrogen-bond acceptors (Lipinski definition) is 2. The van der Waals surface area contributed by atoms with Crippen LogP contribution in [-0.4, -0.2) is 5.71 Å². The number of rotatable bonds is 5. The molecule has 0 heterocycles. The predicted octanol–water partition coefficient (Wildman–Crippen LogP) is 6.71. The van der Waals surface area contributed by atoms with E-state index < -0.39 is 0 Å². The van der Waals surface area contributed by atoms with Crippen molar-refractivity contribution in [1.29, 1.82) is 0 Å². The minimum Gasteiger partial charge on any atom is -0.278 e. The molecule has 0 radical (unpaired) electrons. The standard InChI is InChI=1S/C25H24N2/c1-18-14-20(15-19(18)2)16-25(22-9-4-3-5-10-22)27-26-24-13-12-21-8-6-7-11-23(21)17-24/h3-14,17,26H,15-16H2,1-2H3. The molecule has 0 bridgehead atoms. The zero-order valence-corrected chi connectivity index (χ0v) is 15.9. The van der Waals surface area contributed by atoms with Crippen molar-refractivity contribution < 1.29 is 0 Å². The molecular weight excluding hydrogens is 328 g/mol. The van der Waals surface area contributed by atoms with E-state index in [0.29, 0.717) is 0 Å². The third-order valence-corrected chi connectivity index (χ3v) is 5.16. The van der Waals surface area contributed by atoms with E-state index in [4.69, 9.17) is 5.10 Å². The van der Waals surface area contributed by atoms with E-state index >= 15 is 0 Å². The molecule has 0 saturated carbocycles. The van der Waals surface area contributed by atoms with Gasteiger partial charge in [-0.15, -0.1) is 0 Å². The van der Waals surface area contributed by atoms with Crippen LogP contribution in [0.1, 0.15) is 32.3 Å². The molecule has 2 nitrogen and oxygen atoms in total. The highest BCUT2D eigenvalue weighted by Crippen LogP contribution is 2.28. The van der Waals surface area contributed by atoms with Gasteiger partial charge in [-0.1, -0.05) is 83.5 Å². The summed E-state index contributed by atoms with van der Waals surface area (Å²) in [6, 6.07) is 25.2. The summed E-state index contributed by atoms with van der Waals surface area (Å²) in [5.41, 5.74) is 10.8. The second-order valence-corrected chi connectivity index (χ2v) is 7.22. The smallest absolute Gasteiger partial charge is 0.0720 e. The summed E-state index contributed by atoms with van der Waals surface area (Å²) in [5.74, 6) is 0. The van der Waals surface area contributed by atoms with Crippen molar-refractivity contribution in [3.05, 3.63) is 101 Å². The average Bonchev–Trinajstić information content (AvgIpc) is 3.02. The van der Waals surface area contributed by atoms with Crippen molar-refractivity contribution in [2.45, 2.75) is 26.7 Å². The first kappa shape index (κ1) is 17.3. The van der Waals surface area contributed by atoms with Crippen LogP contribution in [-0.2, 0) is 0 Å². The molecule has 2 heteroatoms. The third kappa shape index (κ3) is 4.01. The molecule has 4 rings (SSSR count). The van der Waals surface area contributed by atoms with Crippen LogP contribution in [0.5, 0.6) is 0 Å². The maximum absolute atomic E-state index is 4.79. The first-order chi connectivity index (χ1) is 13.2. The van der Waals surface area contributed by atoms with Crippen molar-refractivity contribution in [2.24, 2.45) is 5.10 Å². The molecular formula is C25H24N2. The summed E-state index contributed by atoms with van der Waals surface area (Å²) in [6.45, 7) is 4.40. The highest BCUT2D eigenvalue weighted by Gasteiger charge is 2.13. The number of allylic oxidation sites excluding steroid dienone is 4. The van der Waals surface area contributed by atoms with Crippen molar-refractivity contribution in [3.8, 4) is 0 Å². The fourth-order valence-corrected chi connectivity index (χ4v) is 3.52. The van der Waals surface area contributed by atoms with E-state index in [1.807, 2.05) is 6.07 Å². The van der Waals surface area contributed by atoms with Gasteiger partial charge in [0.15, 0.2) is 0 Å². The lowest BCUT2D eigenvalue weighted by Gasteiger charge is -2.10. The lowest BCUT2D eigenvalue weighted by atomic mass is 10.0. The van der Waals surface area contributed by atoms with E-state index in [9.17, 15) is 0 Å². The Labute approximate surface area is 160 Å². The summed E-state index contributed by atoms with van der Waals surface area (Å²) < 4.78 is 0. The van der Waals surface area contributed by atoms with Crippen LogP contribution in [0.2, 0.25) is 0 Å². The number of nitrogens with one attached hydrogen (secondary N) is 1. The Morgan fingerprint density at radius 1 is 0.889 bits per heavy atom. The Bertz CT molecular complexity index is 1060. The minimum atomic E-state index is 0.860. The number of fused-ring (bicyclic) bond motifs is 1. The van der Waals surface area contributed by atoms with Gasteiger partial charge in [-0.3, -0.25) is 5.43 Å². The van der Waals surface area contributed by atoms with Crippen molar-refractivity contribution in [2.75, 3.05) is 5.43 Å². The quantitative estimate of drug-likeness (QED) is 0.400. The Kier molecular flexibility index (Phi) is 4.88. The van der Waals surface area contributed by atoms with E-state index in [2.05, 4.69) is 92.1 Å². The summed E-state index contributed by atoms with van der Waals surface area (Å²) >= 11 is 0. The van der Waals surface area contributed by atoms with Gasteiger partial charge in [-0.25, -0.2) is 0 Å². The molecule has 0 amide bonds. The summed E-state index contributed by atoms with van der Waals surface area (Å²) in [6.07, 6.45) is 4.22. The molecule has 0 spiro atoms. The van der Waals surface area contributed by atoms with Crippen molar-refractivity contribution >= 4 is 22.2 Å². The van der Waals surface area contributed by atoms with Crippen LogP contribution < -0.4 is 5.43 Å². The highest BCUT2D eigenvalue weighted by atomic mass is 15.3. The Morgan fingerprint density at radius 2 is 1.63 bits per heavy atom. The summed E-state index contributed by atoms with van der Waals surface area (Å²) in [5, 5.41) is 7.25. The molecule has 27 heavy (non-hydrogen) atoms. The van der Waals surface area contributed by atoms with Crippen LogP contribution in [0.25, 0.3) is 10.8 Å².